The maximum absolute atomic E-state index is 14.5. The van der Waals surface area contributed by atoms with Crippen molar-refractivity contribution in [1.29, 1.82) is 0 Å². The van der Waals surface area contributed by atoms with Crippen molar-refractivity contribution < 1.29 is 46.1 Å². The highest BCUT2D eigenvalue weighted by atomic mass is 19.4. The molecule has 214 valence electrons. The first-order valence-corrected chi connectivity index (χ1v) is 11.5. The van der Waals surface area contributed by atoms with E-state index in [0.29, 0.717) is 18.2 Å². The number of non-ortho nitro benzene ring substituents is 1. The van der Waals surface area contributed by atoms with Crippen molar-refractivity contribution in [2.75, 3.05) is 5.32 Å². The minimum atomic E-state index is -5.15. The van der Waals surface area contributed by atoms with Crippen LogP contribution in [0.15, 0.2) is 78.9 Å². The molecule has 0 spiro atoms. The fraction of sp³-hybridized carbons (Fsp3) is 0.0370. The van der Waals surface area contributed by atoms with Gasteiger partial charge in [-0.3, -0.25) is 25.0 Å². The molecule has 0 saturated carbocycles. The minimum absolute atomic E-state index is 0.0209. The van der Waals surface area contributed by atoms with Gasteiger partial charge in [-0.05, 0) is 48.0 Å². The van der Waals surface area contributed by atoms with Gasteiger partial charge in [-0.15, -0.1) is 0 Å². The summed E-state index contributed by atoms with van der Waals surface area (Å²) in [5, 5.41) is 24.2. The average molecular weight is 587 g/mol. The van der Waals surface area contributed by atoms with Crippen LogP contribution in [0.1, 0.15) is 26.3 Å². The summed E-state index contributed by atoms with van der Waals surface area (Å²) >= 11 is 0. The molecule has 10 nitrogen and oxygen atoms in total. The van der Waals surface area contributed by atoms with Gasteiger partial charge in [0.25, 0.3) is 17.3 Å². The Hall–Kier alpha value is -5.73. The molecular weight excluding hydrogens is 573 g/mol. The van der Waals surface area contributed by atoms with E-state index < -0.39 is 73.5 Å². The summed E-state index contributed by atoms with van der Waals surface area (Å²) in [5.74, 6) is -4.72. The number of hydrogen-bond acceptors (Lipinski definition) is 7. The molecule has 1 N–H and O–H groups in total. The van der Waals surface area contributed by atoms with E-state index in [-0.39, 0.29) is 16.7 Å². The Morgan fingerprint density at radius 1 is 0.833 bits per heavy atom. The van der Waals surface area contributed by atoms with Crippen LogP contribution in [-0.2, 0) is 6.18 Å². The van der Waals surface area contributed by atoms with Crippen LogP contribution in [-0.4, -0.2) is 21.7 Å². The van der Waals surface area contributed by atoms with Gasteiger partial charge >= 0.3 is 12.1 Å². The summed E-state index contributed by atoms with van der Waals surface area (Å²) in [6.45, 7) is 0. The Balaban J connectivity index is 1.76. The summed E-state index contributed by atoms with van der Waals surface area (Å²) in [6, 6.07) is 11.9. The molecule has 4 aromatic carbocycles. The molecule has 15 heteroatoms. The number of anilines is 1. The number of ether oxygens (including phenoxy) is 1. The van der Waals surface area contributed by atoms with Crippen molar-refractivity contribution in [3.63, 3.8) is 0 Å². The fourth-order valence-corrected chi connectivity index (χ4v) is 3.79. The van der Waals surface area contributed by atoms with E-state index in [0.717, 1.165) is 42.5 Å². The molecule has 0 atom stereocenters. The van der Waals surface area contributed by atoms with Crippen LogP contribution in [0, 0.1) is 31.9 Å². The van der Waals surface area contributed by atoms with Crippen LogP contribution < -0.4 is 10.1 Å². The van der Waals surface area contributed by atoms with Crippen LogP contribution in [0.4, 0.5) is 39.0 Å². The standard InChI is InChI=1S/C27H14F5N3O7/c28-16-5-7-19(22(29)12-16)14-4-9-24(42-26(37)15-2-1-3-18(10-15)34(38)39)20(11-14)25(36)33-17-6-8-23(35(40)41)21(13-17)27(30,31)32/h1-13H,(H,33,36). The number of hydrogen-bond donors (Lipinski definition) is 1. The molecule has 0 aliphatic rings. The predicted molar refractivity (Wildman–Crippen MR) is 136 cm³/mol. The number of alkyl halides is 3. The van der Waals surface area contributed by atoms with E-state index in [4.69, 9.17) is 4.74 Å². The highest BCUT2D eigenvalue weighted by molar-refractivity contribution is 6.08. The number of rotatable bonds is 7. The third-order valence-corrected chi connectivity index (χ3v) is 5.72. The second kappa shape index (κ2) is 11.4. The number of nitrogens with one attached hydrogen (secondary N) is 1. The summed E-state index contributed by atoms with van der Waals surface area (Å²) in [4.78, 5) is 46.1. The molecule has 0 saturated heterocycles. The molecule has 0 aromatic heterocycles. The van der Waals surface area contributed by atoms with Crippen molar-refractivity contribution in [2.24, 2.45) is 0 Å². The number of nitrogens with zero attached hydrogens (tertiary/aromatic N) is 2. The minimum Gasteiger partial charge on any atom is -0.422 e. The van der Waals surface area contributed by atoms with E-state index in [1.54, 1.807) is 0 Å². The summed E-state index contributed by atoms with van der Waals surface area (Å²) in [5.41, 5.74) is -4.87. The second-order valence-corrected chi connectivity index (χ2v) is 8.47. The van der Waals surface area contributed by atoms with E-state index in [1.165, 1.54) is 18.2 Å². The lowest BCUT2D eigenvalue weighted by molar-refractivity contribution is -0.388. The fourth-order valence-electron chi connectivity index (χ4n) is 3.79. The van der Waals surface area contributed by atoms with Gasteiger partial charge in [0.1, 0.15) is 22.9 Å². The smallest absolute Gasteiger partial charge is 0.422 e. The van der Waals surface area contributed by atoms with Gasteiger partial charge in [0.2, 0.25) is 0 Å². The monoisotopic (exact) mass is 587 g/mol. The normalized spacial score (nSPS) is 11.1. The zero-order chi connectivity index (χ0) is 30.8. The highest BCUT2D eigenvalue weighted by Crippen LogP contribution is 2.38. The molecule has 4 aromatic rings. The summed E-state index contributed by atoms with van der Waals surface area (Å²) in [7, 11) is 0. The molecule has 0 bridgehead atoms. The van der Waals surface area contributed by atoms with Crippen LogP contribution >= 0.6 is 0 Å². The molecule has 0 radical (unpaired) electrons. The van der Waals surface area contributed by atoms with Gasteiger partial charge in [-0.25, -0.2) is 13.6 Å². The molecule has 0 aliphatic heterocycles. The Labute approximate surface area is 231 Å². The molecule has 0 aliphatic carbocycles. The first-order chi connectivity index (χ1) is 19.7. The first kappa shape index (κ1) is 29.3. The molecule has 1 amide bonds. The van der Waals surface area contributed by atoms with Gasteiger partial charge in [-0.2, -0.15) is 13.2 Å². The second-order valence-electron chi connectivity index (χ2n) is 8.47. The average Bonchev–Trinajstić information content (AvgIpc) is 2.92. The Bertz CT molecular complexity index is 1760. The third kappa shape index (κ3) is 6.35. The molecule has 4 rings (SSSR count). The highest BCUT2D eigenvalue weighted by Gasteiger charge is 2.38. The van der Waals surface area contributed by atoms with Gasteiger partial charge in [0, 0.05) is 35.5 Å². The largest absolute Gasteiger partial charge is 0.423 e. The lowest BCUT2D eigenvalue weighted by Crippen LogP contribution is -2.17. The Morgan fingerprint density at radius 2 is 1.57 bits per heavy atom. The maximum Gasteiger partial charge on any atom is 0.423 e. The molecule has 0 unspecified atom stereocenters. The number of halogens is 5. The zero-order valence-corrected chi connectivity index (χ0v) is 20.6. The van der Waals surface area contributed by atoms with Crippen molar-refractivity contribution in [3.05, 3.63) is 127 Å². The maximum atomic E-state index is 14.5. The zero-order valence-electron chi connectivity index (χ0n) is 20.6. The van der Waals surface area contributed by atoms with E-state index >= 15 is 0 Å². The lowest BCUT2D eigenvalue weighted by Gasteiger charge is -2.14. The number of nitro groups is 2. The van der Waals surface area contributed by atoms with Crippen LogP contribution in [0.25, 0.3) is 11.1 Å². The number of benzene rings is 4. The first-order valence-electron chi connectivity index (χ1n) is 11.5. The number of nitro benzene ring substituents is 2. The Kier molecular flexibility index (Phi) is 7.94. The molecule has 42 heavy (non-hydrogen) atoms. The van der Waals surface area contributed by atoms with Gasteiger partial charge in [0.05, 0.1) is 21.0 Å². The molecular formula is C27H14F5N3O7. The Morgan fingerprint density at radius 3 is 2.21 bits per heavy atom. The van der Waals surface area contributed by atoms with Crippen LogP contribution in [0.5, 0.6) is 5.75 Å². The number of esters is 1. The van der Waals surface area contributed by atoms with Crippen molar-refractivity contribution in [1.82, 2.24) is 0 Å². The predicted octanol–water partition coefficient (Wildman–Crippen LogP) is 6.94. The van der Waals surface area contributed by atoms with Gasteiger partial charge < -0.3 is 10.1 Å². The number of amides is 1. The van der Waals surface area contributed by atoms with E-state index in [1.807, 2.05) is 0 Å². The summed E-state index contributed by atoms with van der Waals surface area (Å²) < 4.78 is 73.4. The number of carbonyl (C=O) groups excluding carboxylic acids is 2. The lowest BCUT2D eigenvalue weighted by atomic mass is 10.0. The van der Waals surface area contributed by atoms with Gasteiger partial charge in [0.15, 0.2) is 0 Å². The topological polar surface area (TPSA) is 142 Å². The molecule has 0 heterocycles. The van der Waals surface area contributed by atoms with Crippen LogP contribution in [0.2, 0.25) is 0 Å². The molecule has 0 fully saturated rings. The summed E-state index contributed by atoms with van der Waals surface area (Å²) in [6.07, 6.45) is -5.15. The SMILES string of the molecule is O=C(Oc1ccc(-c2ccc(F)cc2F)cc1C(=O)Nc1ccc([N+](=O)[O-])c(C(F)(F)F)c1)c1cccc([N+](=O)[O-])c1. The van der Waals surface area contributed by atoms with Crippen molar-refractivity contribution in [2.45, 2.75) is 6.18 Å². The van der Waals surface area contributed by atoms with Gasteiger partial charge in [-0.1, -0.05) is 12.1 Å². The third-order valence-electron chi connectivity index (χ3n) is 5.72. The van der Waals surface area contributed by atoms with Crippen molar-refractivity contribution in [3.8, 4) is 16.9 Å². The quantitative estimate of drug-likeness (QED) is 0.0812. The van der Waals surface area contributed by atoms with E-state index in [2.05, 4.69) is 5.32 Å². The number of carbonyl (C=O) groups is 2. The van der Waals surface area contributed by atoms with E-state index in [9.17, 15) is 51.8 Å². The van der Waals surface area contributed by atoms with Crippen LogP contribution in [0.3, 0.4) is 0 Å². The van der Waals surface area contributed by atoms with Crippen molar-refractivity contribution >= 4 is 28.9 Å².